The van der Waals surface area contributed by atoms with Crippen molar-refractivity contribution in [1.82, 2.24) is 15.0 Å². The third kappa shape index (κ3) is 5.44. The SMILES string of the molecule is CCC(O)Cn1cc(CCCCC(=O)O)nn1. The fourth-order valence-corrected chi connectivity index (χ4v) is 1.47. The molecule has 1 heterocycles. The number of carbonyl (C=O) groups is 1. The van der Waals surface area contributed by atoms with Crippen molar-refractivity contribution in [3.63, 3.8) is 0 Å². The van der Waals surface area contributed by atoms with E-state index in [2.05, 4.69) is 10.3 Å². The minimum absolute atomic E-state index is 0.197. The van der Waals surface area contributed by atoms with Crippen LogP contribution in [-0.4, -0.2) is 37.3 Å². The van der Waals surface area contributed by atoms with Crippen molar-refractivity contribution in [1.29, 1.82) is 0 Å². The summed E-state index contributed by atoms with van der Waals surface area (Å²) in [5, 5.41) is 25.8. The van der Waals surface area contributed by atoms with Gasteiger partial charge in [0.05, 0.1) is 18.3 Å². The van der Waals surface area contributed by atoms with Gasteiger partial charge in [-0.25, -0.2) is 4.68 Å². The standard InChI is InChI=1S/C11H19N3O3/c1-2-10(15)8-14-7-9(12-13-14)5-3-4-6-11(16)17/h7,10,15H,2-6,8H2,1H3,(H,16,17). The van der Waals surface area contributed by atoms with E-state index in [9.17, 15) is 9.90 Å². The number of aliphatic hydroxyl groups is 1. The number of aliphatic hydroxyl groups excluding tert-OH is 1. The molecule has 1 unspecified atom stereocenters. The fraction of sp³-hybridized carbons (Fsp3) is 0.727. The Hall–Kier alpha value is -1.43. The molecular formula is C11H19N3O3. The molecule has 0 aliphatic carbocycles. The molecule has 0 bridgehead atoms. The van der Waals surface area contributed by atoms with Crippen LogP contribution in [0.25, 0.3) is 0 Å². The van der Waals surface area contributed by atoms with Gasteiger partial charge in [0, 0.05) is 12.6 Å². The van der Waals surface area contributed by atoms with E-state index in [1.165, 1.54) is 0 Å². The Morgan fingerprint density at radius 1 is 1.53 bits per heavy atom. The number of unbranched alkanes of at least 4 members (excludes halogenated alkanes) is 1. The van der Waals surface area contributed by atoms with Gasteiger partial charge in [-0.2, -0.15) is 0 Å². The van der Waals surface area contributed by atoms with Gasteiger partial charge in [0.25, 0.3) is 0 Å². The van der Waals surface area contributed by atoms with Crippen molar-refractivity contribution in [2.75, 3.05) is 0 Å². The largest absolute Gasteiger partial charge is 0.481 e. The Labute approximate surface area is 100 Å². The number of carboxylic acid groups (broad SMARTS) is 1. The molecule has 0 spiro atoms. The molecule has 0 saturated carbocycles. The molecule has 1 atom stereocenters. The van der Waals surface area contributed by atoms with Crippen LogP contribution in [0.1, 0.15) is 38.3 Å². The highest BCUT2D eigenvalue weighted by atomic mass is 16.4. The topological polar surface area (TPSA) is 88.2 Å². The molecule has 1 aromatic rings. The summed E-state index contributed by atoms with van der Waals surface area (Å²) in [5.74, 6) is -0.764. The minimum Gasteiger partial charge on any atom is -0.481 e. The van der Waals surface area contributed by atoms with Crippen LogP contribution in [0.4, 0.5) is 0 Å². The Morgan fingerprint density at radius 3 is 2.94 bits per heavy atom. The molecule has 0 aliphatic rings. The fourth-order valence-electron chi connectivity index (χ4n) is 1.47. The summed E-state index contributed by atoms with van der Waals surface area (Å²) in [6.07, 6.45) is 4.48. The second kappa shape index (κ2) is 7.01. The van der Waals surface area contributed by atoms with E-state index >= 15 is 0 Å². The number of aryl methyl sites for hydroxylation is 1. The number of hydrogen-bond donors (Lipinski definition) is 2. The van der Waals surface area contributed by atoms with Gasteiger partial charge in [0.1, 0.15) is 0 Å². The second-order valence-corrected chi connectivity index (χ2v) is 4.09. The van der Waals surface area contributed by atoms with Crippen LogP contribution in [0.2, 0.25) is 0 Å². The first kappa shape index (κ1) is 13.6. The van der Waals surface area contributed by atoms with Crippen LogP contribution in [0.5, 0.6) is 0 Å². The molecule has 0 fully saturated rings. The summed E-state index contributed by atoms with van der Waals surface area (Å²) in [5.41, 5.74) is 0.846. The Morgan fingerprint density at radius 2 is 2.29 bits per heavy atom. The minimum atomic E-state index is -0.764. The van der Waals surface area contributed by atoms with Gasteiger partial charge in [-0.05, 0) is 25.7 Å². The molecule has 17 heavy (non-hydrogen) atoms. The molecule has 0 aromatic carbocycles. The van der Waals surface area contributed by atoms with E-state index in [1.807, 2.05) is 6.92 Å². The predicted molar refractivity (Wildman–Crippen MR) is 61.5 cm³/mol. The van der Waals surface area contributed by atoms with Crippen LogP contribution in [0, 0.1) is 0 Å². The number of rotatable bonds is 8. The number of aromatic nitrogens is 3. The molecule has 0 saturated heterocycles. The lowest BCUT2D eigenvalue weighted by Gasteiger charge is -2.05. The number of carboxylic acids is 1. The maximum atomic E-state index is 10.3. The van der Waals surface area contributed by atoms with Gasteiger partial charge in [-0.3, -0.25) is 4.79 Å². The van der Waals surface area contributed by atoms with Crippen LogP contribution >= 0.6 is 0 Å². The molecule has 0 radical (unpaired) electrons. The monoisotopic (exact) mass is 241 g/mol. The first-order chi connectivity index (χ1) is 8.11. The smallest absolute Gasteiger partial charge is 0.303 e. The van der Waals surface area contributed by atoms with E-state index in [0.717, 1.165) is 18.5 Å². The maximum Gasteiger partial charge on any atom is 0.303 e. The van der Waals surface area contributed by atoms with Crippen LogP contribution in [0.15, 0.2) is 6.20 Å². The zero-order chi connectivity index (χ0) is 12.7. The molecule has 1 rings (SSSR count). The van der Waals surface area contributed by atoms with Gasteiger partial charge < -0.3 is 10.2 Å². The molecule has 6 nitrogen and oxygen atoms in total. The zero-order valence-corrected chi connectivity index (χ0v) is 10.0. The highest BCUT2D eigenvalue weighted by molar-refractivity contribution is 5.66. The zero-order valence-electron chi connectivity index (χ0n) is 10.0. The lowest BCUT2D eigenvalue weighted by atomic mass is 10.1. The van der Waals surface area contributed by atoms with E-state index in [0.29, 0.717) is 19.4 Å². The van der Waals surface area contributed by atoms with E-state index in [1.54, 1.807) is 10.9 Å². The highest BCUT2D eigenvalue weighted by Crippen LogP contribution is 2.04. The van der Waals surface area contributed by atoms with Crippen molar-refractivity contribution < 1.29 is 15.0 Å². The summed E-state index contributed by atoms with van der Waals surface area (Å²) in [6.45, 7) is 2.37. The van der Waals surface area contributed by atoms with Gasteiger partial charge >= 0.3 is 5.97 Å². The average molecular weight is 241 g/mol. The number of aliphatic carboxylic acids is 1. The molecular weight excluding hydrogens is 222 g/mol. The van der Waals surface area contributed by atoms with E-state index < -0.39 is 12.1 Å². The Bertz CT molecular complexity index is 351. The highest BCUT2D eigenvalue weighted by Gasteiger charge is 2.05. The second-order valence-electron chi connectivity index (χ2n) is 4.09. The normalized spacial score (nSPS) is 12.6. The first-order valence-corrected chi connectivity index (χ1v) is 5.90. The first-order valence-electron chi connectivity index (χ1n) is 5.90. The molecule has 6 heteroatoms. The van der Waals surface area contributed by atoms with Crippen molar-refractivity contribution in [2.45, 2.75) is 51.7 Å². The molecule has 0 amide bonds. The van der Waals surface area contributed by atoms with Crippen LogP contribution < -0.4 is 0 Å². The number of hydrogen-bond acceptors (Lipinski definition) is 4. The summed E-state index contributed by atoms with van der Waals surface area (Å²) >= 11 is 0. The molecule has 0 aliphatic heterocycles. The summed E-state index contributed by atoms with van der Waals surface area (Å²) in [7, 11) is 0. The van der Waals surface area contributed by atoms with Crippen LogP contribution in [0.3, 0.4) is 0 Å². The summed E-state index contributed by atoms with van der Waals surface area (Å²) in [4.78, 5) is 10.3. The molecule has 1 aromatic heterocycles. The van der Waals surface area contributed by atoms with E-state index in [-0.39, 0.29) is 6.42 Å². The lowest BCUT2D eigenvalue weighted by Crippen LogP contribution is -2.15. The van der Waals surface area contributed by atoms with Gasteiger partial charge in [-0.15, -0.1) is 5.10 Å². The Kier molecular flexibility index (Phi) is 5.62. The summed E-state index contributed by atoms with van der Waals surface area (Å²) in [6, 6.07) is 0. The van der Waals surface area contributed by atoms with Gasteiger partial charge in [0.2, 0.25) is 0 Å². The summed E-state index contributed by atoms with van der Waals surface area (Å²) < 4.78 is 1.63. The van der Waals surface area contributed by atoms with Crippen LogP contribution in [-0.2, 0) is 17.8 Å². The van der Waals surface area contributed by atoms with Crippen molar-refractivity contribution in [3.05, 3.63) is 11.9 Å². The van der Waals surface area contributed by atoms with E-state index in [4.69, 9.17) is 5.11 Å². The lowest BCUT2D eigenvalue weighted by molar-refractivity contribution is -0.137. The molecule has 2 N–H and O–H groups in total. The third-order valence-corrected chi connectivity index (χ3v) is 2.53. The van der Waals surface area contributed by atoms with Gasteiger partial charge in [0.15, 0.2) is 0 Å². The maximum absolute atomic E-state index is 10.3. The molecule has 96 valence electrons. The van der Waals surface area contributed by atoms with Gasteiger partial charge in [-0.1, -0.05) is 12.1 Å². The number of nitrogens with zero attached hydrogens (tertiary/aromatic N) is 3. The van der Waals surface area contributed by atoms with Crippen molar-refractivity contribution >= 4 is 5.97 Å². The quantitative estimate of drug-likeness (QED) is 0.659. The average Bonchev–Trinajstić information content (AvgIpc) is 2.72. The third-order valence-electron chi connectivity index (χ3n) is 2.53. The predicted octanol–water partition coefficient (Wildman–Crippen LogP) is 0.846. The van der Waals surface area contributed by atoms with Crippen molar-refractivity contribution in [3.8, 4) is 0 Å². The Balaban J connectivity index is 2.28. The van der Waals surface area contributed by atoms with Crippen molar-refractivity contribution in [2.24, 2.45) is 0 Å².